The zero-order chi connectivity index (χ0) is 27.7. The predicted molar refractivity (Wildman–Crippen MR) is 148 cm³/mol. The quantitative estimate of drug-likeness (QED) is 0.191. The van der Waals surface area contributed by atoms with Crippen molar-refractivity contribution in [1.29, 1.82) is 0 Å². The number of hydrogen-bond acceptors (Lipinski definition) is 10. The van der Waals surface area contributed by atoms with E-state index in [0.717, 1.165) is 12.8 Å². The third-order valence-electron chi connectivity index (χ3n) is 6.36. The first-order valence-electron chi connectivity index (χ1n) is 12.3. The van der Waals surface area contributed by atoms with E-state index in [1.165, 1.54) is 6.07 Å². The van der Waals surface area contributed by atoms with E-state index in [-0.39, 0.29) is 29.8 Å². The fraction of sp³-hybridized carbons (Fsp3) is 0.280. The smallest absolute Gasteiger partial charge is 0.358 e. The van der Waals surface area contributed by atoms with Crippen LogP contribution in [0.25, 0.3) is 16.8 Å². The first-order valence-corrected chi connectivity index (χ1v) is 13.0. The van der Waals surface area contributed by atoms with Crippen molar-refractivity contribution in [3.8, 4) is 11.3 Å². The van der Waals surface area contributed by atoms with Gasteiger partial charge in [-0.2, -0.15) is 10.3 Å². The Morgan fingerprint density at radius 3 is 2.82 bits per heavy atom. The molecule has 204 valence electrons. The Bertz CT molecular complexity index is 1530. The number of carbonyl (C=O) groups is 1. The molecule has 5 rings (SSSR count). The molecule has 1 aliphatic rings. The van der Waals surface area contributed by atoms with Crippen molar-refractivity contribution in [3.05, 3.63) is 63.5 Å². The molecule has 0 bridgehead atoms. The third-order valence-corrected chi connectivity index (χ3v) is 6.90. The van der Waals surface area contributed by atoms with Gasteiger partial charge in [0.1, 0.15) is 11.3 Å². The lowest BCUT2D eigenvalue weighted by Gasteiger charge is -2.34. The number of esters is 1. The second kappa shape index (κ2) is 11.2. The molecule has 0 saturated carbocycles. The van der Waals surface area contributed by atoms with Crippen LogP contribution in [0.4, 0.5) is 23.1 Å². The van der Waals surface area contributed by atoms with Gasteiger partial charge >= 0.3 is 5.97 Å². The van der Waals surface area contributed by atoms with Gasteiger partial charge in [0.05, 0.1) is 23.5 Å². The van der Waals surface area contributed by atoms with Gasteiger partial charge in [-0.3, -0.25) is 0 Å². The van der Waals surface area contributed by atoms with Crippen LogP contribution >= 0.6 is 23.2 Å². The number of nitrogen functional groups attached to an aromatic ring is 1. The van der Waals surface area contributed by atoms with Gasteiger partial charge in [0.25, 0.3) is 0 Å². The number of nitrogens with two attached hydrogens (primary N) is 1. The number of quaternary nitrogens is 1. The maximum atomic E-state index is 12.5. The van der Waals surface area contributed by atoms with E-state index in [1.807, 2.05) is 0 Å². The third kappa shape index (κ3) is 5.70. The molecule has 0 spiro atoms. The normalized spacial score (nSPS) is 16.3. The summed E-state index contributed by atoms with van der Waals surface area (Å²) in [6.45, 7) is 3.24. The molecule has 2 unspecified atom stereocenters. The number of aromatic nitrogens is 4. The molecule has 1 saturated heterocycles. The molecule has 2 atom stereocenters. The van der Waals surface area contributed by atoms with E-state index in [9.17, 15) is 15.2 Å². The fourth-order valence-electron chi connectivity index (χ4n) is 4.57. The molecule has 1 aromatic carbocycles. The standard InChI is InChI=1S/C25H26Cl2N8O4/c1-2-39-25(36)18-11-21-24(30-19(13-34(21)32-18)16-6-5-14(26)10-17(16)27)33-9-3-4-15(12-33)29-22-8-7-20(35(37)38)23(28)31-22/h5-8,10-11,13,15,35,37H,2-4,9,12H2,1H3,(H3,28,29,31). The van der Waals surface area contributed by atoms with Crippen molar-refractivity contribution < 1.29 is 20.0 Å². The molecular formula is C25H26Cl2N8O4. The number of benzene rings is 1. The summed E-state index contributed by atoms with van der Waals surface area (Å²) in [5, 5.41) is 28.1. The lowest BCUT2D eigenvalue weighted by Crippen LogP contribution is -2.99. The Kier molecular flexibility index (Phi) is 7.73. The van der Waals surface area contributed by atoms with Crippen LogP contribution in [0.15, 0.2) is 42.6 Å². The minimum atomic E-state index is -1.13. The Morgan fingerprint density at radius 1 is 1.28 bits per heavy atom. The zero-order valence-electron chi connectivity index (χ0n) is 20.9. The number of ether oxygens (including phenoxy) is 1. The number of pyridine rings is 1. The Balaban J connectivity index is 1.50. The van der Waals surface area contributed by atoms with Gasteiger partial charge in [-0.1, -0.05) is 23.2 Å². The second-order valence-corrected chi connectivity index (χ2v) is 9.86. The van der Waals surface area contributed by atoms with Gasteiger partial charge < -0.3 is 25.9 Å². The highest BCUT2D eigenvalue weighted by Gasteiger charge is 2.26. The zero-order valence-corrected chi connectivity index (χ0v) is 22.4. The highest BCUT2D eigenvalue weighted by Crippen LogP contribution is 2.33. The molecule has 3 aromatic heterocycles. The average Bonchev–Trinajstić information content (AvgIpc) is 3.33. The number of nitrogens with zero attached hydrogens (tertiary/aromatic N) is 5. The largest absolute Gasteiger partial charge is 0.595 e. The number of carbonyl (C=O) groups excluding carboxylic acids is 1. The lowest BCUT2D eigenvalue weighted by molar-refractivity contribution is -0.990. The lowest BCUT2D eigenvalue weighted by atomic mass is 10.1. The minimum Gasteiger partial charge on any atom is -0.595 e. The van der Waals surface area contributed by atoms with Gasteiger partial charge in [0, 0.05) is 41.9 Å². The maximum Gasteiger partial charge on any atom is 0.358 e. The van der Waals surface area contributed by atoms with Crippen LogP contribution in [-0.2, 0) is 4.74 Å². The number of hydrogen-bond donors (Lipinski definition) is 4. The summed E-state index contributed by atoms with van der Waals surface area (Å²) >= 11 is 12.6. The van der Waals surface area contributed by atoms with E-state index in [4.69, 9.17) is 38.7 Å². The molecular weight excluding hydrogens is 547 g/mol. The Labute approximate surface area is 233 Å². The van der Waals surface area contributed by atoms with E-state index >= 15 is 0 Å². The summed E-state index contributed by atoms with van der Waals surface area (Å²) in [6.07, 6.45) is 3.41. The van der Waals surface area contributed by atoms with Crippen molar-refractivity contribution in [2.24, 2.45) is 0 Å². The second-order valence-electron chi connectivity index (χ2n) is 9.02. The molecule has 0 radical (unpaired) electrons. The molecule has 5 N–H and O–H groups in total. The molecule has 4 heterocycles. The minimum absolute atomic E-state index is 0.0293. The maximum absolute atomic E-state index is 12.5. The summed E-state index contributed by atoms with van der Waals surface area (Å²) in [7, 11) is 0. The number of fused-ring (bicyclic) bond motifs is 1. The van der Waals surface area contributed by atoms with Crippen LogP contribution < -0.4 is 21.2 Å². The van der Waals surface area contributed by atoms with E-state index in [0.29, 0.717) is 51.5 Å². The van der Waals surface area contributed by atoms with Crippen LogP contribution in [-0.4, -0.2) is 56.5 Å². The topological polar surface area (TPSA) is 158 Å². The summed E-state index contributed by atoms with van der Waals surface area (Å²) in [5.74, 6) is 0.534. The Hall–Kier alpha value is -3.68. The molecule has 12 nitrogen and oxygen atoms in total. The molecule has 1 fully saturated rings. The van der Waals surface area contributed by atoms with E-state index in [1.54, 1.807) is 48.0 Å². The number of rotatable bonds is 7. The van der Waals surface area contributed by atoms with Gasteiger partial charge in [0.15, 0.2) is 17.3 Å². The highest BCUT2D eigenvalue weighted by atomic mass is 35.5. The molecule has 0 amide bonds. The predicted octanol–water partition coefficient (Wildman–Crippen LogP) is 3.34. The number of nitrogens with one attached hydrogen (secondary N) is 2. The summed E-state index contributed by atoms with van der Waals surface area (Å²) in [4.78, 5) is 23.7. The van der Waals surface area contributed by atoms with Crippen LogP contribution in [0, 0.1) is 5.21 Å². The molecule has 39 heavy (non-hydrogen) atoms. The van der Waals surface area contributed by atoms with E-state index < -0.39 is 11.2 Å². The van der Waals surface area contributed by atoms with Crippen molar-refractivity contribution in [1.82, 2.24) is 19.6 Å². The number of piperidine rings is 1. The van der Waals surface area contributed by atoms with Crippen LogP contribution in [0.1, 0.15) is 30.3 Å². The first kappa shape index (κ1) is 26.9. The van der Waals surface area contributed by atoms with Crippen molar-refractivity contribution in [2.75, 3.05) is 35.6 Å². The Morgan fingerprint density at radius 2 is 2.10 bits per heavy atom. The van der Waals surface area contributed by atoms with Gasteiger partial charge in [0.2, 0.25) is 5.69 Å². The first-order chi connectivity index (χ1) is 18.7. The van der Waals surface area contributed by atoms with Crippen LogP contribution in [0.5, 0.6) is 0 Å². The van der Waals surface area contributed by atoms with Crippen molar-refractivity contribution in [3.63, 3.8) is 0 Å². The molecule has 0 aliphatic carbocycles. The fourth-order valence-corrected chi connectivity index (χ4v) is 5.08. The average molecular weight is 573 g/mol. The summed E-state index contributed by atoms with van der Waals surface area (Å²) in [6, 6.07) is 9.83. The van der Waals surface area contributed by atoms with Gasteiger partial charge in [-0.15, -0.1) is 0 Å². The highest BCUT2D eigenvalue weighted by molar-refractivity contribution is 6.36. The van der Waals surface area contributed by atoms with Gasteiger partial charge in [-0.05, 0) is 44.0 Å². The number of anilines is 3. The van der Waals surface area contributed by atoms with Crippen molar-refractivity contribution in [2.45, 2.75) is 25.8 Å². The van der Waals surface area contributed by atoms with Crippen LogP contribution in [0.3, 0.4) is 0 Å². The molecule has 14 heteroatoms. The van der Waals surface area contributed by atoms with Crippen LogP contribution in [0.2, 0.25) is 10.0 Å². The van der Waals surface area contributed by atoms with Crippen molar-refractivity contribution >= 4 is 57.8 Å². The SMILES string of the molecule is CCOC(=O)c1cc2c(N3CCCC(Nc4ccc([NH+]([O-])O)c(N)n4)C3)nc(-c3ccc(Cl)cc3Cl)cn2n1. The molecule has 1 aliphatic heterocycles. The number of halogens is 2. The van der Waals surface area contributed by atoms with Gasteiger partial charge in [-0.25, -0.2) is 24.5 Å². The molecule has 4 aromatic rings. The monoisotopic (exact) mass is 572 g/mol. The van der Waals surface area contributed by atoms with E-state index in [2.05, 4.69) is 20.3 Å². The summed E-state index contributed by atoms with van der Waals surface area (Å²) in [5.41, 5.74) is 7.82. The summed E-state index contributed by atoms with van der Waals surface area (Å²) < 4.78 is 6.77.